The van der Waals surface area contributed by atoms with Crippen molar-refractivity contribution in [3.05, 3.63) is 51.3 Å². The molecule has 0 saturated carbocycles. The maximum Gasteiger partial charge on any atom is 0.324 e. The Hall–Kier alpha value is -2.19. The molecule has 2 aromatic heterocycles. The van der Waals surface area contributed by atoms with Gasteiger partial charge in [0.15, 0.2) is 0 Å². The number of hydrogen-bond acceptors (Lipinski definition) is 6. The number of carbonyl (C=O) groups excluding carboxylic acids is 1. The van der Waals surface area contributed by atoms with E-state index in [0.29, 0.717) is 18.8 Å². The van der Waals surface area contributed by atoms with Crippen LogP contribution in [0.2, 0.25) is 0 Å². The van der Waals surface area contributed by atoms with Crippen molar-refractivity contribution >= 4 is 22.2 Å². The van der Waals surface area contributed by atoms with Crippen molar-refractivity contribution in [2.75, 3.05) is 0 Å². The minimum Gasteiger partial charge on any atom is -0.467 e. The lowest BCUT2D eigenvalue weighted by Crippen LogP contribution is -2.41. The van der Waals surface area contributed by atoms with Crippen molar-refractivity contribution in [2.24, 2.45) is 0 Å². The Kier molecular flexibility index (Phi) is 5.07. The molecule has 8 heteroatoms. The molecule has 0 radical (unpaired) electrons. The number of furan rings is 1. The van der Waals surface area contributed by atoms with Gasteiger partial charge in [0.2, 0.25) is 5.91 Å². The van der Waals surface area contributed by atoms with E-state index in [0.717, 1.165) is 16.9 Å². The van der Waals surface area contributed by atoms with Crippen LogP contribution in [0.1, 0.15) is 18.2 Å². The van der Waals surface area contributed by atoms with Crippen LogP contribution in [0.15, 0.2) is 34.3 Å². The number of nitro groups is 1. The fourth-order valence-electron chi connectivity index (χ4n) is 1.66. The fraction of sp³-hybridized carbons (Fsp3) is 0.308. The Bertz CT molecular complexity index is 609. The summed E-state index contributed by atoms with van der Waals surface area (Å²) in [6, 6.07) is 4.64. The number of thiophene rings is 1. The molecule has 112 valence electrons. The van der Waals surface area contributed by atoms with Crippen LogP contribution >= 0.6 is 11.3 Å². The van der Waals surface area contributed by atoms with Gasteiger partial charge in [0.25, 0.3) is 0 Å². The first-order valence-electron chi connectivity index (χ1n) is 6.31. The number of rotatable bonds is 7. The highest BCUT2D eigenvalue weighted by atomic mass is 32.1. The van der Waals surface area contributed by atoms with Crippen LogP contribution in [0.3, 0.4) is 0 Å². The van der Waals surface area contributed by atoms with Gasteiger partial charge < -0.3 is 15.1 Å². The van der Waals surface area contributed by atoms with E-state index in [1.54, 1.807) is 30.7 Å². The number of nitrogens with zero attached hydrogens (tertiary/aromatic N) is 1. The molecule has 1 amide bonds. The van der Waals surface area contributed by atoms with E-state index in [9.17, 15) is 14.9 Å². The molecule has 1 unspecified atom stereocenters. The summed E-state index contributed by atoms with van der Waals surface area (Å²) >= 11 is 1.07. The zero-order chi connectivity index (χ0) is 15.2. The molecule has 7 nitrogen and oxygen atoms in total. The smallest absolute Gasteiger partial charge is 0.324 e. The Morgan fingerprint density at radius 2 is 2.33 bits per heavy atom. The van der Waals surface area contributed by atoms with E-state index >= 15 is 0 Å². The third kappa shape index (κ3) is 4.40. The molecule has 0 spiro atoms. The molecule has 0 aliphatic heterocycles. The summed E-state index contributed by atoms with van der Waals surface area (Å²) in [6.07, 6.45) is 1.55. The van der Waals surface area contributed by atoms with Crippen LogP contribution in [0.25, 0.3) is 0 Å². The molecule has 0 aliphatic rings. The average Bonchev–Trinajstić information content (AvgIpc) is 3.13. The maximum absolute atomic E-state index is 11.9. The number of nitrogens with one attached hydrogen (secondary N) is 2. The largest absolute Gasteiger partial charge is 0.467 e. The fourth-order valence-corrected chi connectivity index (χ4v) is 2.38. The highest BCUT2D eigenvalue weighted by Crippen LogP contribution is 2.22. The van der Waals surface area contributed by atoms with Crippen LogP contribution < -0.4 is 10.6 Å². The molecule has 2 aromatic rings. The summed E-state index contributed by atoms with van der Waals surface area (Å²) < 4.78 is 5.12. The SMILES string of the molecule is CC(NCc1csc([N+](=O)[O-])c1)C(=O)NCc1ccco1. The van der Waals surface area contributed by atoms with E-state index in [-0.39, 0.29) is 10.9 Å². The van der Waals surface area contributed by atoms with Gasteiger partial charge in [0, 0.05) is 18.0 Å². The van der Waals surface area contributed by atoms with Crippen molar-refractivity contribution in [2.45, 2.75) is 26.1 Å². The lowest BCUT2D eigenvalue weighted by atomic mass is 10.2. The molecule has 0 fully saturated rings. The molecule has 0 aliphatic carbocycles. The molecular formula is C13H15N3O4S. The zero-order valence-electron chi connectivity index (χ0n) is 11.4. The predicted molar refractivity (Wildman–Crippen MR) is 77.8 cm³/mol. The Balaban J connectivity index is 1.76. The van der Waals surface area contributed by atoms with Gasteiger partial charge in [-0.2, -0.15) is 0 Å². The highest BCUT2D eigenvalue weighted by Gasteiger charge is 2.14. The van der Waals surface area contributed by atoms with Crippen molar-refractivity contribution in [1.29, 1.82) is 0 Å². The number of hydrogen-bond donors (Lipinski definition) is 2. The van der Waals surface area contributed by atoms with Crippen molar-refractivity contribution in [1.82, 2.24) is 10.6 Å². The van der Waals surface area contributed by atoms with Crippen LogP contribution in [-0.2, 0) is 17.9 Å². The van der Waals surface area contributed by atoms with Crippen LogP contribution in [0, 0.1) is 10.1 Å². The first-order chi connectivity index (χ1) is 10.1. The molecule has 21 heavy (non-hydrogen) atoms. The molecule has 2 N–H and O–H groups in total. The molecular weight excluding hydrogens is 294 g/mol. The summed E-state index contributed by atoms with van der Waals surface area (Å²) in [4.78, 5) is 22.0. The van der Waals surface area contributed by atoms with Gasteiger partial charge in [-0.25, -0.2) is 0 Å². The van der Waals surface area contributed by atoms with E-state index in [4.69, 9.17) is 4.42 Å². The highest BCUT2D eigenvalue weighted by molar-refractivity contribution is 7.13. The standard InChI is InChI=1S/C13H15N3O4S/c1-9(13(17)15-7-11-3-2-4-20-11)14-6-10-5-12(16(18)19)21-8-10/h2-5,8-9,14H,6-7H2,1H3,(H,15,17). The minimum atomic E-state index is -0.423. The van der Waals surface area contributed by atoms with Crippen LogP contribution in [0.5, 0.6) is 0 Å². The maximum atomic E-state index is 11.9. The third-order valence-electron chi connectivity index (χ3n) is 2.84. The summed E-state index contributed by atoms with van der Waals surface area (Å²) in [6.45, 7) is 2.47. The second kappa shape index (κ2) is 7.00. The lowest BCUT2D eigenvalue weighted by Gasteiger charge is -2.12. The summed E-state index contributed by atoms with van der Waals surface area (Å²) in [7, 11) is 0. The van der Waals surface area contributed by atoms with E-state index in [1.165, 1.54) is 6.07 Å². The summed E-state index contributed by atoms with van der Waals surface area (Å²) in [5.41, 5.74) is 0.789. The van der Waals surface area contributed by atoms with Crippen LogP contribution in [0.4, 0.5) is 5.00 Å². The average molecular weight is 309 g/mol. The molecule has 0 aromatic carbocycles. The number of carbonyl (C=O) groups is 1. The van der Waals surface area contributed by atoms with Gasteiger partial charge in [0.1, 0.15) is 5.76 Å². The van der Waals surface area contributed by atoms with E-state index < -0.39 is 11.0 Å². The van der Waals surface area contributed by atoms with Crippen molar-refractivity contribution in [3.8, 4) is 0 Å². The third-order valence-corrected chi connectivity index (χ3v) is 3.77. The Morgan fingerprint density at radius 3 is 2.95 bits per heavy atom. The van der Waals surface area contributed by atoms with Gasteiger partial charge >= 0.3 is 5.00 Å². The molecule has 0 bridgehead atoms. The molecule has 1 atom stereocenters. The van der Waals surface area contributed by atoms with Gasteiger partial charge in [-0.05, 0) is 24.6 Å². The van der Waals surface area contributed by atoms with Gasteiger partial charge in [-0.15, -0.1) is 0 Å². The molecule has 0 saturated heterocycles. The van der Waals surface area contributed by atoms with E-state index in [1.807, 2.05) is 0 Å². The summed E-state index contributed by atoms with van der Waals surface area (Å²) in [5.74, 6) is 0.528. The number of amides is 1. The lowest BCUT2D eigenvalue weighted by molar-refractivity contribution is -0.380. The van der Waals surface area contributed by atoms with Crippen LogP contribution in [-0.4, -0.2) is 16.9 Å². The molecule has 2 rings (SSSR count). The normalized spacial score (nSPS) is 12.0. The second-order valence-corrected chi connectivity index (χ2v) is 5.34. The first kappa shape index (κ1) is 15.2. The topological polar surface area (TPSA) is 97.4 Å². The zero-order valence-corrected chi connectivity index (χ0v) is 12.2. The van der Waals surface area contributed by atoms with Crippen molar-refractivity contribution < 1.29 is 14.1 Å². The molecule has 2 heterocycles. The monoisotopic (exact) mass is 309 g/mol. The van der Waals surface area contributed by atoms with Gasteiger partial charge in [-0.3, -0.25) is 14.9 Å². The Labute approximate surface area is 125 Å². The van der Waals surface area contributed by atoms with E-state index in [2.05, 4.69) is 10.6 Å². The second-order valence-electron chi connectivity index (χ2n) is 4.45. The predicted octanol–water partition coefficient (Wildman–Crippen LogP) is 2.04. The summed E-state index contributed by atoms with van der Waals surface area (Å²) in [5, 5.41) is 18.2. The van der Waals surface area contributed by atoms with Gasteiger partial charge in [0.05, 0.1) is 23.8 Å². The first-order valence-corrected chi connectivity index (χ1v) is 7.19. The van der Waals surface area contributed by atoms with Gasteiger partial charge in [-0.1, -0.05) is 11.3 Å². The minimum absolute atomic E-state index is 0.0988. The van der Waals surface area contributed by atoms with Crippen molar-refractivity contribution in [3.63, 3.8) is 0 Å². The Morgan fingerprint density at radius 1 is 1.52 bits per heavy atom. The quantitative estimate of drug-likeness (QED) is 0.602.